The van der Waals surface area contributed by atoms with E-state index in [4.69, 9.17) is 10.4 Å². The number of hydrogen-bond acceptors (Lipinski definition) is 4. The van der Waals surface area contributed by atoms with Crippen LogP contribution in [0.1, 0.15) is 18.1 Å². The summed E-state index contributed by atoms with van der Waals surface area (Å²) in [5.74, 6) is -1.18. The van der Waals surface area contributed by atoms with Gasteiger partial charge in [-0.05, 0) is 30.7 Å². The average molecular weight is 269 g/mol. The maximum atomic E-state index is 10.5. The summed E-state index contributed by atoms with van der Waals surface area (Å²) in [5, 5.41) is 26.6. The SMILES string of the molecule is CC(C#N)CN(C)c1ccc(/C=C/C(=O)O)cc1C#N. The highest BCUT2D eigenvalue weighted by Gasteiger charge is 2.10. The van der Waals surface area contributed by atoms with Crippen molar-refractivity contribution < 1.29 is 9.90 Å². The minimum atomic E-state index is -1.03. The molecule has 0 heterocycles. The molecule has 5 heteroatoms. The second-order valence-electron chi connectivity index (χ2n) is 4.47. The lowest BCUT2D eigenvalue weighted by molar-refractivity contribution is -0.131. The fraction of sp³-hybridized carbons (Fsp3) is 0.267. The molecule has 102 valence electrons. The summed E-state index contributed by atoms with van der Waals surface area (Å²) >= 11 is 0. The summed E-state index contributed by atoms with van der Waals surface area (Å²) in [6.07, 6.45) is 2.46. The molecule has 1 unspecified atom stereocenters. The van der Waals surface area contributed by atoms with E-state index in [9.17, 15) is 10.1 Å². The van der Waals surface area contributed by atoms with E-state index in [1.165, 1.54) is 6.08 Å². The van der Waals surface area contributed by atoms with Gasteiger partial charge < -0.3 is 10.0 Å². The van der Waals surface area contributed by atoms with Crippen molar-refractivity contribution in [3.63, 3.8) is 0 Å². The predicted octanol–water partition coefficient (Wildman–Crippen LogP) is 2.25. The minimum absolute atomic E-state index is 0.141. The van der Waals surface area contributed by atoms with Gasteiger partial charge in [-0.2, -0.15) is 10.5 Å². The molecule has 1 rings (SSSR count). The molecule has 20 heavy (non-hydrogen) atoms. The lowest BCUT2D eigenvalue weighted by Gasteiger charge is -2.21. The van der Waals surface area contributed by atoms with Gasteiger partial charge in [0.1, 0.15) is 6.07 Å². The first-order valence-electron chi connectivity index (χ1n) is 6.03. The van der Waals surface area contributed by atoms with E-state index in [-0.39, 0.29) is 5.92 Å². The molecule has 0 aliphatic rings. The van der Waals surface area contributed by atoms with Crippen LogP contribution < -0.4 is 4.90 Å². The van der Waals surface area contributed by atoms with Crippen molar-refractivity contribution in [2.75, 3.05) is 18.5 Å². The second-order valence-corrected chi connectivity index (χ2v) is 4.47. The number of rotatable bonds is 5. The third kappa shape index (κ3) is 4.15. The molecule has 1 N–H and O–H groups in total. The molecule has 0 aliphatic heterocycles. The summed E-state index contributed by atoms with van der Waals surface area (Å²) in [6.45, 7) is 2.34. The first kappa shape index (κ1) is 15.3. The van der Waals surface area contributed by atoms with Crippen LogP contribution in [0, 0.1) is 28.6 Å². The first-order chi connectivity index (χ1) is 9.47. The van der Waals surface area contributed by atoms with Crippen molar-refractivity contribution in [1.82, 2.24) is 0 Å². The molecule has 0 aromatic heterocycles. The molecule has 0 aliphatic carbocycles. The summed E-state index contributed by atoms with van der Waals surface area (Å²) in [5.41, 5.74) is 1.82. The maximum absolute atomic E-state index is 10.5. The molecular weight excluding hydrogens is 254 g/mol. The number of benzene rings is 1. The van der Waals surface area contributed by atoms with E-state index in [2.05, 4.69) is 12.1 Å². The van der Waals surface area contributed by atoms with Gasteiger partial charge in [0, 0.05) is 19.7 Å². The van der Waals surface area contributed by atoms with E-state index < -0.39 is 5.97 Å². The molecule has 0 bridgehead atoms. The molecule has 0 radical (unpaired) electrons. The smallest absolute Gasteiger partial charge is 0.328 e. The Balaban J connectivity index is 3.03. The second kappa shape index (κ2) is 6.96. The average Bonchev–Trinajstić information content (AvgIpc) is 2.44. The minimum Gasteiger partial charge on any atom is -0.478 e. The Morgan fingerprint density at radius 1 is 1.50 bits per heavy atom. The topological polar surface area (TPSA) is 88.1 Å². The summed E-state index contributed by atoms with van der Waals surface area (Å²) in [7, 11) is 1.82. The van der Waals surface area contributed by atoms with Gasteiger partial charge in [0.2, 0.25) is 0 Å². The molecule has 0 fully saturated rings. The lowest BCUT2D eigenvalue weighted by Crippen LogP contribution is -2.24. The van der Waals surface area contributed by atoms with Crippen molar-refractivity contribution in [3.05, 3.63) is 35.4 Å². The van der Waals surface area contributed by atoms with Gasteiger partial charge in [0.15, 0.2) is 0 Å². The fourth-order valence-corrected chi connectivity index (χ4v) is 1.80. The maximum Gasteiger partial charge on any atom is 0.328 e. The van der Waals surface area contributed by atoms with Gasteiger partial charge in [-0.1, -0.05) is 6.07 Å². The number of carbonyl (C=O) groups is 1. The standard InChI is InChI=1S/C15H15N3O2/c1-11(8-16)10-18(2)14-5-3-12(4-6-15(19)20)7-13(14)9-17/h3-7,11H,10H2,1-2H3,(H,19,20)/b6-4+. The molecule has 0 saturated carbocycles. The Bertz CT molecular complexity index is 609. The molecule has 1 aromatic carbocycles. The Morgan fingerprint density at radius 3 is 2.75 bits per heavy atom. The van der Waals surface area contributed by atoms with Crippen LogP contribution in [0.2, 0.25) is 0 Å². The van der Waals surface area contributed by atoms with E-state index in [0.717, 1.165) is 11.8 Å². The number of carboxylic acids is 1. The van der Waals surface area contributed by atoms with Gasteiger partial charge in [0.05, 0.1) is 23.2 Å². The third-order valence-electron chi connectivity index (χ3n) is 2.74. The number of anilines is 1. The van der Waals surface area contributed by atoms with Crippen LogP contribution in [-0.4, -0.2) is 24.7 Å². The zero-order chi connectivity index (χ0) is 15.1. The third-order valence-corrected chi connectivity index (χ3v) is 2.74. The van der Waals surface area contributed by atoms with Gasteiger partial charge in [-0.3, -0.25) is 0 Å². The molecular formula is C15H15N3O2. The number of nitriles is 2. The van der Waals surface area contributed by atoms with Crippen LogP contribution in [0.3, 0.4) is 0 Å². The van der Waals surface area contributed by atoms with Crippen LogP contribution in [0.4, 0.5) is 5.69 Å². The van der Waals surface area contributed by atoms with Gasteiger partial charge in [-0.25, -0.2) is 4.79 Å². The van der Waals surface area contributed by atoms with E-state index >= 15 is 0 Å². The van der Waals surface area contributed by atoms with Crippen molar-refractivity contribution in [2.45, 2.75) is 6.92 Å². The number of aliphatic carboxylic acids is 1. The van der Waals surface area contributed by atoms with Gasteiger partial charge in [-0.15, -0.1) is 0 Å². The Kier molecular flexibility index (Phi) is 5.31. The van der Waals surface area contributed by atoms with Crippen molar-refractivity contribution in [1.29, 1.82) is 10.5 Å². The van der Waals surface area contributed by atoms with Crippen LogP contribution >= 0.6 is 0 Å². The van der Waals surface area contributed by atoms with Crippen LogP contribution in [-0.2, 0) is 4.79 Å². The van der Waals surface area contributed by atoms with Crippen molar-refractivity contribution >= 4 is 17.7 Å². The molecule has 0 amide bonds. The number of carboxylic acid groups (broad SMARTS) is 1. The zero-order valence-corrected chi connectivity index (χ0v) is 11.4. The van der Waals surface area contributed by atoms with Crippen LogP contribution in [0.15, 0.2) is 24.3 Å². The Morgan fingerprint density at radius 2 is 2.20 bits per heavy atom. The van der Waals surface area contributed by atoms with Gasteiger partial charge >= 0.3 is 5.97 Å². The highest BCUT2D eigenvalue weighted by Crippen LogP contribution is 2.22. The Labute approximate surface area is 118 Å². The summed E-state index contributed by atoms with van der Waals surface area (Å²) < 4.78 is 0. The molecule has 5 nitrogen and oxygen atoms in total. The van der Waals surface area contributed by atoms with Crippen LogP contribution in [0.5, 0.6) is 0 Å². The Hall–Kier alpha value is -2.79. The first-order valence-corrected chi connectivity index (χ1v) is 6.03. The van der Waals surface area contributed by atoms with Gasteiger partial charge in [0.25, 0.3) is 0 Å². The molecule has 0 saturated heterocycles. The quantitative estimate of drug-likeness (QED) is 0.828. The van der Waals surface area contributed by atoms with Crippen molar-refractivity contribution in [3.8, 4) is 12.1 Å². The molecule has 1 aromatic rings. The van der Waals surface area contributed by atoms with Crippen LogP contribution in [0.25, 0.3) is 6.08 Å². The van der Waals surface area contributed by atoms with Crippen molar-refractivity contribution in [2.24, 2.45) is 5.92 Å². The number of hydrogen-bond donors (Lipinski definition) is 1. The summed E-state index contributed by atoms with van der Waals surface area (Å²) in [6, 6.07) is 9.36. The van der Waals surface area contributed by atoms with E-state index in [1.807, 2.05) is 18.9 Å². The zero-order valence-electron chi connectivity index (χ0n) is 11.4. The predicted molar refractivity (Wildman–Crippen MR) is 75.9 cm³/mol. The lowest BCUT2D eigenvalue weighted by atomic mass is 10.1. The fourth-order valence-electron chi connectivity index (χ4n) is 1.80. The normalized spacial score (nSPS) is 11.6. The van der Waals surface area contributed by atoms with E-state index in [0.29, 0.717) is 17.7 Å². The largest absolute Gasteiger partial charge is 0.478 e. The highest BCUT2D eigenvalue weighted by molar-refractivity contribution is 5.85. The highest BCUT2D eigenvalue weighted by atomic mass is 16.4. The number of nitrogens with zero attached hydrogens (tertiary/aromatic N) is 3. The molecule has 1 atom stereocenters. The summed E-state index contributed by atoms with van der Waals surface area (Å²) in [4.78, 5) is 12.3. The molecule has 0 spiro atoms. The van der Waals surface area contributed by atoms with E-state index in [1.54, 1.807) is 18.2 Å². The monoisotopic (exact) mass is 269 g/mol.